The van der Waals surface area contributed by atoms with Gasteiger partial charge in [0.25, 0.3) is 0 Å². The first-order valence-electron chi connectivity index (χ1n) is 6.24. The summed E-state index contributed by atoms with van der Waals surface area (Å²) in [5, 5.41) is 8.57. The number of esters is 1. The average molecular weight is 289 g/mol. The van der Waals surface area contributed by atoms with Crippen LogP contribution < -0.4 is 0 Å². The molecule has 20 heavy (non-hydrogen) atoms. The molecule has 2 aromatic rings. The third kappa shape index (κ3) is 4.31. The Hall–Kier alpha value is -1.95. The van der Waals surface area contributed by atoms with Crippen LogP contribution in [0.1, 0.15) is 12.8 Å². The molecule has 0 saturated carbocycles. The summed E-state index contributed by atoms with van der Waals surface area (Å²) in [6.45, 7) is 0. The molecule has 104 valence electrons. The molecule has 1 aromatic heterocycles. The summed E-state index contributed by atoms with van der Waals surface area (Å²) >= 11 is 1.49. The van der Waals surface area contributed by atoms with Crippen LogP contribution in [-0.2, 0) is 9.53 Å². The molecule has 0 N–H and O–H groups in total. The standard InChI is InChI=1S/C14H15N3O2S/c1-19-13(18)8-5-9-20-14-16-12(10-15-17-14)11-6-3-2-4-7-11/h2-4,6-7,10H,5,8-9H2,1H3. The maximum Gasteiger partial charge on any atom is 0.305 e. The van der Waals surface area contributed by atoms with Gasteiger partial charge >= 0.3 is 5.97 Å². The van der Waals surface area contributed by atoms with Crippen molar-refractivity contribution in [3.63, 3.8) is 0 Å². The zero-order chi connectivity index (χ0) is 14.2. The number of benzene rings is 1. The minimum Gasteiger partial charge on any atom is -0.469 e. The SMILES string of the molecule is COC(=O)CCCSc1nncc(-c2ccccc2)n1. The molecule has 0 radical (unpaired) electrons. The fourth-order valence-electron chi connectivity index (χ4n) is 1.58. The fraction of sp³-hybridized carbons (Fsp3) is 0.286. The van der Waals surface area contributed by atoms with Crippen molar-refractivity contribution in [2.45, 2.75) is 18.0 Å². The summed E-state index contributed by atoms with van der Waals surface area (Å²) in [7, 11) is 1.39. The van der Waals surface area contributed by atoms with E-state index in [0.717, 1.165) is 23.4 Å². The highest BCUT2D eigenvalue weighted by Gasteiger charge is 2.05. The zero-order valence-electron chi connectivity index (χ0n) is 11.2. The molecule has 0 bridgehead atoms. The number of aromatic nitrogens is 3. The van der Waals surface area contributed by atoms with E-state index in [0.29, 0.717) is 11.6 Å². The number of methoxy groups -OCH3 is 1. The Labute approximate surface area is 121 Å². The van der Waals surface area contributed by atoms with Crippen molar-refractivity contribution in [2.24, 2.45) is 0 Å². The van der Waals surface area contributed by atoms with Gasteiger partial charge in [0, 0.05) is 17.7 Å². The van der Waals surface area contributed by atoms with E-state index >= 15 is 0 Å². The van der Waals surface area contributed by atoms with E-state index in [1.165, 1.54) is 18.9 Å². The average Bonchev–Trinajstić information content (AvgIpc) is 2.52. The number of carbonyl (C=O) groups excluding carboxylic acids is 1. The van der Waals surface area contributed by atoms with Gasteiger partial charge < -0.3 is 4.74 Å². The molecular weight excluding hydrogens is 274 g/mol. The van der Waals surface area contributed by atoms with Gasteiger partial charge in [-0.05, 0) is 6.42 Å². The van der Waals surface area contributed by atoms with Crippen LogP contribution in [0.4, 0.5) is 0 Å². The molecule has 0 fully saturated rings. The molecule has 6 heteroatoms. The van der Waals surface area contributed by atoms with E-state index in [1.54, 1.807) is 6.20 Å². The first-order chi connectivity index (χ1) is 9.79. The van der Waals surface area contributed by atoms with Crippen molar-refractivity contribution < 1.29 is 9.53 Å². The lowest BCUT2D eigenvalue weighted by Gasteiger charge is -2.02. The maximum absolute atomic E-state index is 11.0. The minimum atomic E-state index is -0.192. The summed E-state index contributed by atoms with van der Waals surface area (Å²) in [5.74, 6) is 0.567. The Morgan fingerprint density at radius 1 is 1.30 bits per heavy atom. The number of carbonyl (C=O) groups is 1. The van der Waals surface area contributed by atoms with E-state index in [-0.39, 0.29) is 5.97 Å². The van der Waals surface area contributed by atoms with Crippen LogP contribution in [0.25, 0.3) is 11.3 Å². The molecule has 0 amide bonds. The lowest BCUT2D eigenvalue weighted by atomic mass is 10.2. The molecule has 0 unspecified atom stereocenters. The van der Waals surface area contributed by atoms with E-state index in [9.17, 15) is 4.79 Å². The van der Waals surface area contributed by atoms with Gasteiger partial charge in [-0.25, -0.2) is 4.98 Å². The Morgan fingerprint density at radius 3 is 2.85 bits per heavy atom. The normalized spacial score (nSPS) is 10.2. The highest BCUT2D eigenvalue weighted by molar-refractivity contribution is 7.99. The Morgan fingerprint density at radius 2 is 2.10 bits per heavy atom. The Bertz CT molecular complexity index is 563. The number of rotatable bonds is 6. The van der Waals surface area contributed by atoms with Crippen LogP contribution in [0.5, 0.6) is 0 Å². The van der Waals surface area contributed by atoms with Gasteiger partial charge in [-0.1, -0.05) is 42.1 Å². The molecule has 0 atom stereocenters. The highest BCUT2D eigenvalue weighted by atomic mass is 32.2. The Kier molecular flexibility index (Phi) is 5.49. The lowest BCUT2D eigenvalue weighted by Crippen LogP contribution is -2.00. The van der Waals surface area contributed by atoms with Crippen LogP contribution in [0.2, 0.25) is 0 Å². The molecule has 0 saturated heterocycles. The lowest BCUT2D eigenvalue weighted by molar-refractivity contribution is -0.140. The smallest absolute Gasteiger partial charge is 0.305 e. The summed E-state index contributed by atoms with van der Waals surface area (Å²) in [6.07, 6.45) is 2.79. The molecule has 0 spiro atoms. The number of hydrogen-bond donors (Lipinski definition) is 0. The van der Waals surface area contributed by atoms with E-state index in [4.69, 9.17) is 0 Å². The molecular formula is C14H15N3O2S. The van der Waals surface area contributed by atoms with Gasteiger partial charge in [0.15, 0.2) is 0 Å². The molecule has 5 nitrogen and oxygen atoms in total. The van der Waals surface area contributed by atoms with Crippen molar-refractivity contribution in [2.75, 3.05) is 12.9 Å². The van der Waals surface area contributed by atoms with Gasteiger partial charge in [0.2, 0.25) is 5.16 Å². The van der Waals surface area contributed by atoms with Crippen molar-refractivity contribution in [1.29, 1.82) is 0 Å². The topological polar surface area (TPSA) is 65.0 Å². The predicted molar refractivity (Wildman–Crippen MR) is 77.2 cm³/mol. The van der Waals surface area contributed by atoms with Crippen molar-refractivity contribution in [1.82, 2.24) is 15.2 Å². The van der Waals surface area contributed by atoms with Crippen LogP contribution in [0, 0.1) is 0 Å². The van der Waals surface area contributed by atoms with Crippen molar-refractivity contribution in [3.8, 4) is 11.3 Å². The van der Waals surface area contributed by atoms with Gasteiger partial charge in [-0.2, -0.15) is 5.10 Å². The van der Waals surface area contributed by atoms with Crippen molar-refractivity contribution >= 4 is 17.7 Å². The summed E-state index contributed by atoms with van der Waals surface area (Å²) in [4.78, 5) is 15.4. The minimum absolute atomic E-state index is 0.192. The quantitative estimate of drug-likeness (QED) is 0.462. The third-order valence-corrected chi connectivity index (χ3v) is 3.52. The number of thioether (sulfide) groups is 1. The second-order valence-corrected chi connectivity index (χ2v) is 5.08. The first kappa shape index (κ1) is 14.5. The van der Waals surface area contributed by atoms with Crippen LogP contribution in [0.3, 0.4) is 0 Å². The van der Waals surface area contributed by atoms with Crippen LogP contribution in [0.15, 0.2) is 41.7 Å². The van der Waals surface area contributed by atoms with Gasteiger partial charge in [-0.3, -0.25) is 4.79 Å². The zero-order valence-corrected chi connectivity index (χ0v) is 12.0. The van der Waals surface area contributed by atoms with E-state index in [2.05, 4.69) is 19.9 Å². The number of ether oxygens (including phenoxy) is 1. The van der Waals surface area contributed by atoms with E-state index in [1.807, 2.05) is 30.3 Å². The first-order valence-corrected chi connectivity index (χ1v) is 7.23. The second-order valence-electron chi connectivity index (χ2n) is 4.02. The molecule has 0 aliphatic heterocycles. The second kappa shape index (κ2) is 7.59. The number of nitrogens with zero attached hydrogens (tertiary/aromatic N) is 3. The van der Waals surface area contributed by atoms with Gasteiger partial charge in [0.1, 0.15) is 0 Å². The molecule has 2 rings (SSSR count). The summed E-state index contributed by atoms with van der Waals surface area (Å²) < 4.78 is 4.59. The van der Waals surface area contributed by atoms with Gasteiger partial charge in [-0.15, -0.1) is 5.10 Å². The van der Waals surface area contributed by atoms with E-state index < -0.39 is 0 Å². The summed E-state index contributed by atoms with van der Waals surface area (Å²) in [6, 6.07) is 9.84. The Balaban J connectivity index is 1.92. The molecule has 1 aromatic carbocycles. The van der Waals surface area contributed by atoms with Gasteiger partial charge in [0.05, 0.1) is 19.0 Å². The molecule has 0 aliphatic rings. The highest BCUT2D eigenvalue weighted by Crippen LogP contribution is 2.19. The van der Waals surface area contributed by atoms with Crippen molar-refractivity contribution in [3.05, 3.63) is 36.5 Å². The van der Waals surface area contributed by atoms with Crippen LogP contribution >= 0.6 is 11.8 Å². The maximum atomic E-state index is 11.0. The largest absolute Gasteiger partial charge is 0.469 e. The molecule has 1 heterocycles. The third-order valence-electron chi connectivity index (χ3n) is 2.59. The fourth-order valence-corrected chi connectivity index (χ4v) is 2.32. The summed E-state index contributed by atoms with van der Waals surface area (Å²) in [5.41, 5.74) is 1.81. The predicted octanol–water partition coefficient (Wildman–Crippen LogP) is 2.58. The monoisotopic (exact) mass is 289 g/mol. The molecule has 0 aliphatic carbocycles. The number of hydrogen-bond acceptors (Lipinski definition) is 6. The van der Waals surface area contributed by atoms with Crippen LogP contribution in [-0.4, -0.2) is 34.0 Å².